The Hall–Kier alpha value is -1.72. The van der Waals surface area contributed by atoms with Crippen molar-refractivity contribution in [3.63, 3.8) is 0 Å². The number of amides is 1. The van der Waals surface area contributed by atoms with Crippen LogP contribution in [-0.4, -0.2) is 49.4 Å². The number of likely N-dealkylation sites (tertiary alicyclic amines) is 1. The van der Waals surface area contributed by atoms with Crippen LogP contribution in [0.1, 0.15) is 36.0 Å². The van der Waals surface area contributed by atoms with Crippen LogP contribution < -0.4 is 5.73 Å². The van der Waals surface area contributed by atoms with Crippen molar-refractivity contribution >= 4 is 11.7 Å². The molecule has 5 nitrogen and oxygen atoms in total. The maximum atomic E-state index is 13.0. The molecule has 0 unspecified atom stereocenters. The first-order valence-corrected chi connectivity index (χ1v) is 8.83. The van der Waals surface area contributed by atoms with Gasteiger partial charge in [0, 0.05) is 44.3 Å². The third-order valence-electron chi connectivity index (χ3n) is 5.51. The van der Waals surface area contributed by atoms with Crippen LogP contribution in [0.15, 0.2) is 30.3 Å². The summed E-state index contributed by atoms with van der Waals surface area (Å²) in [5.41, 5.74) is 6.25. The van der Waals surface area contributed by atoms with E-state index in [9.17, 15) is 9.59 Å². The van der Waals surface area contributed by atoms with Crippen LogP contribution in [0.3, 0.4) is 0 Å². The Labute approximate surface area is 143 Å². The molecule has 24 heavy (non-hydrogen) atoms. The molecule has 5 heteroatoms. The number of benzene rings is 1. The molecule has 1 aromatic rings. The zero-order valence-corrected chi connectivity index (χ0v) is 14.1. The van der Waals surface area contributed by atoms with Gasteiger partial charge >= 0.3 is 0 Å². The number of ketones is 1. The summed E-state index contributed by atoms with van der Waals surface area (Å²) in [7, 11) is 0. The van der Waals surface area contributed by atoms with Crippen molar-refractivity contribution in [2.45, 2.75) is 25.7 Å². The van der Waals surface area contributed by atoms with Gasteiger partial charge in [0.15, 0.2) is 5.78 Å². The number of carbonyl (C=O) groups excluding carboxylic acids is 2. The number of nitrogens with zero attached hydrogens (tertiary/aromatic N) is 1. The summed E-state index contributed by atoms with van der Waals surface area (Å²) in [5, 5.41) is 0. The number of ether oxygens (including phenoxy) is 1. The summed E-state index contributed by atoms with van der Waals surface area (Å²) < 4.78 is 5.39. The topological polar surface area (TPSA) is 72.6 Å². The molecule has 2 N–H and O–H groups in total. The third kappa shape index (κ3) is 3.37. The minimum Gasteiger partial charge on any atom is -0.381 e. The Morgan fingerprint density at radius 3 is 2.33 bits per heavy atom. The van der Waals surface area contributed by atoms with Crippen LogP contribution in [0.25, 0.3) is 0 Å². The molecule has 2 aliphatic heterocycles. The van der Waals surface area contributed by atoms with Crippen LogP contribution in [0.2, 0.25) is 0 Å². The highest BCUT2D eigenvalue weighted by molar-refractivity contribution is 5.98. The molecule has 1 amide bonds. The summed E-state index contributed by atoms with van der Waals surface area (Å²) in [5.74, 6) is 0.362. The SMILES string of the molecule is NCC1(C(=O)N2CCC(C(=O)c3ccccc3)CC2)CCOCC1. The summed E-state index contributed by atoms with van der Waals surface area (Å²) >= 11 is 0. The number of rotatable bonds is 4. The van der Waals surface area contributed by atoms with Gasteiger partial charge in [0.2, 0.25) is 5.91 Å². The zero-order chi connectivity index (χ0) is 17.0. The average Bonchev–Trinajstić information content (AvgIpc) is 2.68. The van der Waals surface area contributed by atoms with Gasteiger partial charge < -0.3 is 15.4 Å². The lowest BCUT2D eigenvalue weighted by atomic mass is 9.78. The fourth-order valence-electron chi connectivity index (χ4n) is 3.79. The van der Waals surface area contributed by atoms with E-state index in [1.54, 1.807) is 0 Å². The summed E-state index contributed by atoms with van der Waals surface area (Å²) in [6.07, 6.45) is 2.86. The molecule has 2 heterocycles. The van der Waals surface area contributed by atoms with Gasteiger partial charge in [0.25, 0.3) is 0 Å². The number of nitrogens with two attached hydrogens (primary N) is 1. The fourth-order valence-corrected chi connectivity index (χ4v) is 3.79. The number of hydrogen-bond acceptors (Lipinski definition) is 4. The van der Waals surface area contributed by atoms with Crippen LogP contribution in [-0.2, 0) is 9.53 Å². The Bertz CT molecular complexity index is 574. The number of Topliss-reactive ketones (excluding diaryl/α,β-unsaturated/α-hetero) is 1. The summed E-state index contributed by atoms with van der Waals surface area (Å²) in [6, 6.07) is 9.43. The first-order chi connectivity index (χ1) is 11.7. The van der Waals surface area contributed by atoms with Gasteiger partial charge in [-0.25, -0.2) is 0 Å². The molecular weight excluding hydrogens is 304 g/mol. The van der Waals surface area contributed by atoms with Gasteiger partial charge in [-0.15, -0.1) is 0 Å². The highest BCUT2D eigenvalue weighted by atomic mass is 16.5. The first kappa shape index (κ1) is 17.1. The van der Waals surface area contributed by atoms with Crippen LogP contribution in [0.5, 0.6) is 0 Å². The molecule has 2 aliphatic rings. The van der Waals surface area contributed by atoms with E-state index in [4.69, 9.17) is 10.5 Å². The molecule has 0 spiro atoms. The van der Waals surface area contributed by atoms with E-state index in [0.717, 1.165) is 18.4 Å². The summed E-state index contributed by atoms with van der Waals surface area (Å²) in [4.78, 5) is 27.4. The highest BCUT2D eigenvalue weighted by Crippen LogP contribution is 2.33. The van der Waals surface area contributed by atoms with Crippen LogP contribution in [0, 0.1) is 11.3 Å². The number of piperidine rings is 1. The van der Waals surface area contributed by atoms with E-state index >= 15 is 0 Å². The van der Waals surface area contributed by atoms with Gasteiger partial charge in [-0.1, -0.05) is 30.3 Å². The average molecular weight is 330 g/mol. The Morgan fingerprint density at radius 2 is 1.75 bits per heavy atom. The molecular formula is C19H26N2O3. The van der Waals surface area contributed by atoms with Crippen LogP contribution >= 0.6 is 0 Å². The van der Waals surface area contributed by atoms with Gasteiger partial charge in [0.05, 0.1) is 5.41 Å². The largest absolute Gasteiger partial charge is 0.381 e. The lowest BCUT2D eigenvalue weighted by molar-refractivity contribution is -0.148. The molecule has 2 fully saturated rings. The maximum absolute atomic E-state index is 13.0. The second-order valence-corrected chi connectivity index (χ2v) is 6.89. The zero-order valence-electron chi connectivity index (χ0n) is 14.1. The van der Waals surface area contributed by atoms with Crippen molar-refractivity contribution in [1.29, 1.82) is 0 Å². The Balaban J connectivity index is 1.60. The van der Waals surface area contributed by atoms with Gasteiger partial charge in [0.1, 0.15) is 0 Å². The van der Waals surface area contributed by atoms with Crippen molar-refractivity contribution in [3.05, 3.63) is 35.9 Å². The fraction of sp³-hybridized carbons (Fsp3) is 0.579. The number of hydrogen-bond donors (Lipinski definition) is 1. The molecule has 3 rings (SSSR count). The van der Waals surface area contributed by atoms with Gasteiger partial charge in [-0.05, 0) is 25.7 Å². The molecule has 0 atom stereocenters. The third-order valence-corrected chi connectivity index (χ3v) is 5.51. The van der Waals surface area contributed by atoms with E-state index < -0.39 is 5.41 Å². The smallest absolute Gasteiger partial charge is 0.230 e. The molecule has 1 aromatic carbocycles. The first-order valence-electron chi connectivity index (χ1n) is 8.83. The minimum atomic E-state index is -0.464. The van der Waals surface area contributed by atoms with E-state index in [2.05, 4.69) is 0 Å². The quantitative estimate of drug-likeness (QED) is 0.855. The maximum Gasteiger partial charge on any atom is 0.230 e. The predicted molar refractivity (Wildman–Crippen MR) is 91.6 cm³/mol. The van der Waals surface area contributed by atoms with E-state index in [1.165, 1.54) is 0 Å². The second kappa shape index (κ2) is 7.45. The van der Waals surface area contributed by atoms with Gasteiger partial charge in [-0.2, -0.15) is 0 Å². The molecule has 2 saturated heterocycles. The monoisotopic (exact) mass is 330 g/mol. The van der Waals surface area contributed by atoms with E-state index in [-0.39, 0.29) is 17.6 Å². The van der Waals surface area contributed by atoms with Crippen molar-refractivity contribution in [3.8, 4) is 0 Å². The number of carbonyl (C=O) groups is 2. The summed E-state index contributed by atoms with van der Waals surface area (Å²) in [6.45, 7) is 2.87. The normalized spacial score (nSPS) is 21.5. The minimum absolute atomic E-state index is 0.0139. The van der Waals surface area contributed by atoms with Gasteiger partial charge in [-0.3, -0.25) is 9.59 Å². The van der Waals surface area contributed by atoms with E-state index in [1.807, 2.05) is 35.2 Å². The molecule has 0 bridgehead atoms. The molecule has 0 radical (unpaired) electrons. The van der Waals surface area contributed by atoms with Crippen LogP contribution in [0.4, 0.5) is 0 Å². The van der Waals surface area contributed by atoms with Crippen molar-refractivity contribution in [2.24, 2.45) is 17.1 Å². The lowest BCUT2D eigenvalue weighted by Gasteiger charge is -2.41. The highest BCUT2D eigenvalue weighted by Gasteiger charge is 2.42. The Morgan fingerprint density at radius 1 is 1.12 bits per heavy atom. The second-order valence-electron chi connectivity index (χ2n) is 6.89. The molecule has 0 aliphatic carbocycles. The molecule has 0 aromatic heterocycles. The standard InChI is InChI=1S/C19H26N2O3/c20-14-19(8-12-24-13-9-19)18(23)21-10-6-16(7-11-21)17(22)15-4-2-1-3-5-15/h1-5,16H,6-14,20H2. The molecule has 0 saturated carbocycles. The predicted octanol–water partition coefficient (Wildman–Crippen LogP) is 1.86. The lowest BCUT2D eigenvalue weighted by Crippen LogP contribution is -2.53. The molecule has 130 valence electrons. The van der Waals surface area contributed by atoms with Crippen molar-refractivity contribution in [1.82, 2.24) is 4.90 Å². The van der Waals surface area contributed by atoms with Crippen molar-refractivity contribution < 1.29 is 14.3 Å². The Kier molecular flexibility index (Phi) is 5.31. The van der Waals surface area contributed by atoms with Crippen molar-refractivity contribution in [2.75, 3.05) is 32.8 Å². The van der Waals surface area contributed by atoms with E-state index in [0.29, 0.717) is 45.7 Å².